The number of benzene rings is 2. The largest absolute Gasteiger partial charge is 0.316 e. The SMILES string of the molecule is O=c1[nH]c2cc([N+](=O)[O-])c(S(=O)(=O)c3ccc4ccncc4c3)cc2[nH]c1=O. The zero-order valence-corrected chi connectivity index (χ0v) is 14.7. The first kappa shape index (κ1) is 17.5. The van der Waals surface area contributed by atoms with Gasteiger partial charge in [0.25, 0.3) is 5.69 Å². The van der Waals surface area contributed by atoms with E-state index in [4.69, 9.17) is 0 Å². The van der Waals surface area contributed by atoms with E-state index < -0.39 is 36.5 Å². The van der Waals surface area contributed by atoms with Crippen molar-refractivity contribution >= 4 is 37.3 Å². The van der Waals surface area contributed by atoms with Gasteiger partial charge in [0, 0.05) is 23.8 Å². The lowest BCUT2D eigenvalue weighted by atomic mass is 10.2. The van der Waals surface area contributed by atoms with Crippen LogP contribution in [0, 0.1) is 10.1 Å². The molecule has 0 atom stereocenters. The summed E-state index contributed by atoms with van der Waals surface area (Å²) in [4.78, 5) is 41.2. The maximum atomic E-state index is 13.1. The van der Waals surface area contributed by atoms with Crippen molar-refractivity contribution in [3.8, 4) is 0 Å². The Balaban J connectivity index is 2.03. The molecule has 0 radical (unpaired) electrons. The summed E-state index contributed by atoms with van der Waals surface area (Å²) in [6, 6.07) is 7.83. The molecule has 0 aliphatic rings. The Kier molecular flexibility index (Phi) is 3.82. The van der Waals surface area contributed by atoms with Crippen LogP contribution in [0.4, 0.5) is 5.69 Å². The van der Waals surface area contributed by atoms with Crippen molar-refractivity contribution in [3.63, 3.8) is 0 Å². The molecule has 0 fully saturated rings. The summed E-state index contributed by atoms with van der Waals surface area (Å²) in [6.45, 7) is 0. The molecule has 2 aromatic carbocycles. The number of aromatic amines is 2. The molecule has 0 spiro atoms. The van der Waals surface area contributed by atoms with Gasteiger partial charge in [-0.1, -0.05) is 6.07 Å². The predicted octanol–water partition coefficient (Wildman–Crippen LogP) is 1.51. The molecule has 0 unspecified atom stereocenters. The van der Waals surface area contributed by atoms with E-state index in [1.165, 1.54) is 18.3 Å². The molecule has 0 saturated heterocycles. The van der Waals surface area contributed by atoms with Crippen molar-refractivity contribution in [2.45, 2.75) is 9.79 Å². The van der Waals surface area contributed by atoms with Crippen LogP contribution in [-0.4, -0.2) is 28.3 Å². The molecule has 0 amide bonds. The number of aromatic nitrogens is 3. The molecule has 2 heterocycles. The van der Waals surface area contributed by atoms with Crippen LogP contribution in [0.5, 0.6) is 0 Å². The van der Waals surface area contributed by atoms with Gasteiger partial charge in [-0.15, -0.1) is 0 Å². The molecule has 0 saturated carbocycles. The van der Waals surface area contributed by atoms with Crippen molar-refractivity contribution in [1.82, 2.24) is 15.0 Å². The van der Waals surface area contributed by atoms with Crippen LogP contribution in [0.3, 0.4) is 0 Å². The van der Waals surface area contributed by atoms with Gasteiger partial charge in [-0.2, -0.15) is 0 Å². The minimum absolute atomic E-state index is 0.0452. The average molecular weight is 398 g/mol. The van der Waals surface area contributed by atoms with Crippen LogP contribution in [0.1, 0.15) is 0 Å². The third kappa shape index (κ3) is 2.74. The summed E-state index contributed by atoms with van der Waals surface area (Å²) < 4.78 is 26.2. The first-order valence-electron chi connectivity index (χ1n) is 7.81. The lowest BCUT2D eigenvalue weighted by Gasteiger charge is -2.08. The molecule has 10 nitrogen and oxygen atoms in total. The average Bonchev–Trinajstić information content (AvgIpc) is 2.67. The fourth-order valence-corrected chi connectivity index (χ4v) is 4.31. The highest BCUT2D eigenvalue weighted by atomic mass is 32.2. The van der Waals surface area contributed by atoms with Crippen LogP contribution in [0.15, 0.2) is 68.2 Å². The number of nitrogens with one attached hydrogen (secondary N) is 2. The third-order valence-corrected chi connectivity index (χ3v) is 5.99. The summed E-state index contributed by atoms with van der Waals surface area (Å²) in [6.07, 6.45) is 3.03. The number of pyridine rings is 1. The predicted molar refractivity (Wildman–Crippen MR) is 99.0 cm³/mol. The molecule has 2 aromatic heterocycles. The van der Waals surface area contributed by atoms with Gasteiger partial charge in [-0.25, -0.2) is 8.42 Å². The van der Waals surface area contributed by atoms with E-state index in [0.717, 1.165) is 17.5 Å². The van der Waals surface area contributed by atoms with Gasteiger partial charge in [-0.05, 0) is 29.7 Å². The number of fused-ring (bicyclic) bond motifs is 2. The van der Waals surface area contributed by atoms with E-state index in [-0.39, 0.29) is 15.9 Å². The van der Waals surface area contributed by atoms with E-state index in [2.05, 4.69) is 15.0 Å². The smallest absolute Gasteiger partial charge is 0.314 e. The zero-order chi connectivity index (χ0) is 20.1. The number of rotatable bonds is 3. The maximum Gasteiger partial charge on any atom is 0.314 e. The Morgan fingerprint density at radius 1 is 0.929 bits per heavy atom. The number of nitro groups is 1. The quantitative estimate of drug-likeness (QED) is 0.301. The minimum Gasteiger partial charge on any atom is -0.316 e. The van der Waals surface area contributed by atoms with Crippen LogP contribution in [0.25, 0.3) is 21.8 Å². The van der Waals surface area contributed by atoms with E-state index in [1.807, 2.05) is 0 Å². The normalized spacial score (nSPS) is 11.7. The lowest BCUT2D eigenvalue weighted by Crippen LogP contribution is -2.29. The van der Waals surface area contributed by atoms with Crippen molar-refractivity contribution < 1.29 is 13.3 Å². The topological polar surface area (TPSA) is 156 Å². The van der Waals surface area contributed by atoms with E-state index >= 15 is 0 Å². The van der Waals surface area contributed by atoms with Crippen molar-refractivity contribution in [2.24, 2.45) is 0 Å². The number of nitro benzene ring substituents is 1. The summed E-state index contributed by atoms with van der Waals surface area (Å²) in [5.74, 6) is 0. The molecule has 140 valence electrons. The fourth-order valence-electron chi connectivity index (χ4n) is 2.85. The van der Waals surface area contributed by atoms with Crippen LogP contribution in [-0.2, 0) is 9.84 Å². The minimum atomic E-state index is -4.30. The van der Waals surface area contributed by atoms with Crippen LogP contribution < -0.4 is 11.1 Å². The number of nitrogens with zero attached hydrogens (tertiary/aromatic N) is 2. The highest BCUT2D eigenvalue weighted by Gasteiger charge is 2.29. The monoisotopic (exact) mass is 398 g/mol. The first-order chi connectivity index (χ1) is 13.3. The number of hydrogen-bond acceptors (Lipinski definition) is 7. The Labute approximate surface area is 155 Å². The second-order valence-electron chi connectivity index (χ2n) is 5.92. The maximum absolute atomic E-state index is 13.1. The van der Waals surface area contributed by atoms with Gasteiger partial charge in [0.1, 0.15) is 0 Å². The molecular weight excluding hydrogens is 388 g/mol. The molecule has 0 aliphatic carbocycles. The fraction of sp³-hybridized carbons (Fsp3) is 0. The van der Waals surface area contributed by atoms with E-state index in [0.29, 0.717) is 5.39 Å². The van der Waals surface area contributed by atoms with Gasteiger partial charge in [0.15, 0.2) is 4.90 Å². The Hall–Kier alpha value is -3.86. The summed E-state index contributed by atoms with van der Waals surface area (Å²) in [5.41, 5.74) is -2.82. The standard InChI is InChI=1S/C17H10N4O6S/c22-16-17(23)20-13-7-15(14(21(24)25)6-12(13)19-16)28(26,27)11-2-1-9-3-4-18-8-10(9)5-11/h1-8H,(H,19,22)(H,20,23). The lowest BCUT2D eigenvalue weighted by molar-refractivity contribution is -0.387. The Morgan fingerprint density at radius 3 is 2.29 bits per heavy atom. The summed E-state index contributed by atoms with van der Waals surface area (Å²) in [7, 11) is -4.30. The molecule has 0 aliphatic heterocycles. The molecule has 4 rings (SSSR count). The van der Waals surface area contributed by atoms with Gasteiger partial charge < -0.3 is 9.97 Å². The van der Waals surface area contributed by atoms with Gasteiger partial charge in [-0.3, -0.25) is 24.7 Å². The second kappa shape index (κ2) is 6.09. The zero-order valence-electron chi connectivity index (χ0n) is 13.9. The molecule has 4 aromatic rings. The second-order valence-corrected chi connectivity index (χ2v) is 7.84. The van der Waals surface area contributed by atoms with Crippen molar-refractivity contribution in [1.29, 1.82) is 0 Å². The van der Waals surface area contributed by atoms with Crippen LogP contribution >= 0.6 is 0 Å². The summed E-state index contributed by atoms with van der Waals surface area (Å²) in [5, 5.41) is 12.8. The van der Waals surface area contributed by atoms with E-state index in [1.54, 1.807) is 18.3 Å². The van der Waals surface area contributed by atoms with Crippen molar-refractivity contribution in [2.75, 3.05) is 0 Å². The van der Waals surface area contributed by atoms with Gasteiger partial charge >= 0.3 is 11.1 Å². The highest BCUT2D eigenvalue weighted by Crippen LogP contribution is 2.32. The summed E-state index contributed by atoms with van der Waals surface area (Å²) >= 11 is 0. The molecule has 28 heavy (non-hydrogen) atoms. The number of sulfone groups is 1. The molecule has 0 bridgehead atoms. The van der Waals surface area contributed by atoms with Crippen LogP contribution in [0.2, 0.25) is 0 Å². The molecular formula is C17H10N4O6S. The first-order valence-corrected chi connectivity index (χ1v) is 9.29. The Morgan fingerprint density at radius 2 is 1.61 bits per heavy atom. The number of H-pyrrole nitrogens is 2. The Bertz CT molecular complexity index is 1500. The van der Waals surface area contributed by atoms with Gasteiger partial charge in [0.05, 0.1) is 20.9 Å². The molecule has 11 heteroatoms. The van der Waals surface area contributed by atoms with Gasteiger partial charge in [0.2, 0.25) is 9.84 Å². The van der Waals surface area contributed by atoms with Crippen molar-refractivity contribution in [3.05, 3.63) is 79.6 Å². The highest BCUT2D eigenvalue weighted by molar-refractivity contribution is 7.91. The number of hydrogen-bond donors (Lipinski definition) is 2. The molecule has 2 N–H and O–H groups in total. The van der Waals surface area contributed by atoms with E-state index in [9.17, 15) is 28.1 Å². The third-order valence-electron chi connectivity index (χ3n) is 4.21.